The van der Waals surface area contributed by atoms with Gasteiger partial charge in [0.2, 0.25) is 5.75 Å². The first kappa shape index (κ1) is 17.9. The number of hydrogen-bond acceptors (Lipinski definition) is 6. The van der Waals surface area contributed by atoms with Crippen molar-refractivity contribution >= 4 is 5.78 Å². The topological polar surface area (TPSA) is 57.2 Å². The average Bonchev–Trinajstić information content (AvgIpc) is 3.00. The molecule has 0 aliphatic carbocycles. The summed E-state index contributed by atoms with van der Waals surface area (Å²) in [6, 6.07) is 3.05. The van der Waals surface area contributed by atoms with Gasteiger partial charge < -0.3 is 23.8 Å². The molecule has 2 heterocycles. The van der Waals surface area contributed by atoms with Crippen LogP contribution in [0.25, 0.3) is 0 Å². The molecule has 6 nitrogen and oxygen atoms in total. The minimum atomic E-state index is -0.335. The van der Waals surface area contributed by atoms with Gasteiger partial charge in [-0.05, 0) is 18.2 Å². The number of carbonyl (C=O) groups is 1. The summed E-state index contributed by atoms with van der Waals surface area (Å²) >= 11 is 0. The molecule has 0 fully saturated rings. The normalized spacial score (nSPS) is 20.9. The Morgan fingerprint density at radius 3 is 2.19 bits per heavy atom. The predicted octanol–water partition coefficient (Wildman–Crippen LogP) is 3.16. The van der Waals surface area contributed by atoms with Crippen LogP contribution < -0.4 is 14.2 Å². The number of carbonyl (C=O) groups excluding carboxylic acids is 1. The smallest absolute Gasteiger partial charge is 0.203 e. The van der Waals surface area contributed by atoms with E-state index in [1.165, 1.54) is 21.3 Å². The van der Waals surface area contributed by atoms with Crippen LogP contribution in [0.3, 0.4) is 0 Å². The molecule has 0 N–H and O–H groups in total. The van der Waals surface area contributed by atoms with Gasteiger partial charge >= 0.3 is 0 Å². The fraction of sp³-hybridized carbons (Fsp3) is 0.350. The molecule has 2 aliphatic heterocycles. The van der Waals surface area contributed by atoms with E-state index in [1.807, 2.05) is 30.2 Å². The molecule has 0 radical (unpaired) electrons. The zero-order valence-corrected chi connectivity index (χ0v) is 15.6. The standard InChI is InChI=1S/C20H23NO5/c1-12-8-14-11-15(23-2)6-7-21(14)18(12)19(22)13-9-16(24-3)20(26-5)17(10-13)25-4/h6-12,18H,1-5H3. The Balaban J connectivity index is 1.96. The average molecular weight is 357 g/mol. The molecular weight excluding hydrogens is 334 g/mol. The van der Waals surface area contributed by atoms with E-state index < -0.39 is 0 Å². The van der Waals surface area contributed by atoms with Crippen LogP contribution in [0.1, 0.15) is 17.3 Å². The lowest BCUT2D eigenvalue weighted by atomic mass is 9.94. The number of fused-ring (bicyclic) bond motifs is 1. The second-order valence-electron chi connectivity index (χ2n) is 6.15. The molecule has 1 aromatic carbocycles. The first-order chi connectivity index (χ1) is 12.5. The Morgan fingerprint density at radius 1 is 1.00 bits per heavy atom. The van der Waals surface area contributed by atoms with E-state index in [2.05, 4.69) is 6.08 Å². The molecule has 138 valence electrons. The predicted molar refractivity (Wildman–Crippen MR) is 97.5 cm³/mol. The highest BCUT2D eigenvalue weighted by atomic mass is 16.5. The maximum Gasteiger partial charge on any atom is 0.203 e. The zero-order chi connectivity index (χ0) is 18.8. The molecule has 3 rings (SSSR count). The van der Waals surface area contributed by atoms with Crippen LogP contribution in [0.4, 0.5) is 0 Å². The molecule has 0 amide bonds. The van der Waals surface area contributed by atoms with Gasteiger partial charge in [0, 0.05) is 29.5 Å². The highest BCUT2D eigenvalue weighted by Crippen LogP contribution is 2.40. The van der Waals surface area contributed by atoms with Crippen LogP contribution in [-0.4, -0.2) is 45.2 Å². The third-order valence-electron chi connectivity index (χ3n) is 4.67. The molecule has 26 heavy (non-hydrogen) atoms. The van der Waals surface area contributed by atoms with E-state index in [0.717, 1.165) is 11.5 Å². The van der Waals surface area contributed by atoms with Gasteiger partial charge in [0.15, 0.2) is 17.3 Å². The quantitative estimate of drug-likeness (QED) is 0.729. The van der Waals surface area contributed by atoms with E-state index in [1.54, 1.807) is 19.2 Å². The van der Waals surface area contributed by atoms with Crippen molar-refractivity contribution in [1.82, 2.24) is 4.90 Å². The monoisotopic (exact) mass is 357 g/mol. The van der Waals surface area contributed by atoms with Gasteiger partial charge in [-0.15, -0.1) is 0 Å². The summed E-state index contributed by atoms with van der Waals surface area (Å²) in [4.78, 5) is 15.3. The summed E-state index contributed by atoms with van der Waals surface area (Å²) < 4.78 is 21.4. The minimum absolute atomic E-state index is 0.0121. The van der Waals surface area contributed by atoms with Gasteiger partial charge in [-0.2, -0.15) is 0 Å². The molecule has 1 aromatic rings. The van der Waals surface area contributed by atoms with E-state index in [4.69, 9.17) is 18.9 Å². The first-order valence-corrected chi connectivity index (χ1v) is 8.32. The highest BCUT2D eigenvalue weighted by molar-refractivity contribution is 6.02. The summed E-state index contributed by atoms with van der Waals surface area (Å²) in [5.74, 6) is 2.20. The fourth-order valence-corrected chi connectivity index (χ4v) is 3.40. The fourth-order valence-electron chi connectivity index (χ4n) is 3.40. The van der Waals surface area contributed by atoms with Crippen molar-refractivity contribution in [3.8, 4) is 17.2 Å². The van der Waals surface area contributed by atoms with Crippen molar-refractivity contribution in [2.24, 2.45) is 5.92 Å². The largest absolute Gasteiger partial charge is 0.497 e. The summed E-state index contributed by atoms with van der Waals surface area (Å²) in [5.41, 5.74) is 1.48. The van der Waals surface area contributed by atoms with Gasteiger partial charge in [-0.1, -0.05) is 13.0 Å². The summed E-state index contributed by atoms with van der Waals surface area (Å²) in [5, 5.41) is 0. The van der Waals surface area contributed by atoms with Crippen molar-refractivity contribution < 1.29 is 23.7 Å². The van der Waals surface area contributed by atoms with Crippen molar-refractivity contribution in [3.05, 3.63) is 53.6 Å². The number of ketones is 1. The maximum absolute atomic E-state index is 13.3. The molecule has 0 saturated carbocycles. The van der Waals surface area contributed by atoms with Crippen LogP contribution in [0.15, 0.2) is 48.0 Å². The van der Waals surface area contributed by atoms with Crippen LogP contribution in [0.5, 0.6) is 17.2 Å². The van der Waals surface area contributed by atoms with Gasteiger partial charge in [-0.25, -0.2) is 0 Å². The lowest BCUT2D eigenvalue weighted by molar-refractivity contribution is 0.0881. The lowest BCUT2D eigenvalue weighted by Gasteiger charge is -2.29. The van der Waals surface area contributed by atoms with Crippen molar-refractivity contribution in [1.29, 1.82) is 0 Å². The van der Waals surface area contributed by atoms with E-state index in [0.29, 0.717) is 22.8 Å². The molecule has 2 atom stereocenters. The van der Waals surface area contributed by atoms with Gasteiger partial charge in [-0.3, -0.25) is 4.79 Å². The number of methoxy groups -OCH3 is 4. The molecule has 0 spiro atoms. The van der Waals surface area contributed by atoms with Crippen LogP contribution >= 0.6 is 0 Å². The Labute approximate surface area is 153 Å². The molecule has 0 saturated heterocycles. The van der Waals surface area contributed by atoms with Gasteiger partial charge in [0.05, 0.1) is 28.4 Å². The van der Waals surface area contributed by atoms with E-state index in [9.17, 15) is 4.79 Å². The number of ether oxygens (including phenoxy) is 4. The summed E-state index contributed by atoms with van der Waals surface area (Å²) in [6.45, 7) is 2.03. The molecule has 6 heteroatoms. The van der Waals surface area contributed by atoms with Crippen molar-refractivity contribution in [3.63, 3.8) is 0 Å². The second-order valence-corrected chi connectivity index (χ2v) is 6.15. The SMILES string of the molecule is COC1=CC2=CC(C)C(C(=O)c3cc(OC)c(OC)c(OC)c3)N2C=C1. The molecule has 2 aliphatic rings. The van der Waals surface area contributed by atoms with Gasteiger partial charge in [0.1, 0.15) is 11.8 Å². The van der Waals surface area contributed by atoms with E-state index >= 15 is 0 Å². The lowest BCUT2D eigenvalue weighted by Crippen LogP contribution is -2.37. The molecular formula is C20H23NO5. The van der Waals surface area contributed by atoms with E-state index in [-0.39, 0.29) is 17.7 Å². The number of benzene rings is 1. The Hall–Kier alpha value is -2.89. The number of allylic oxidation sites excluding steroid dienone is 2. The molecule has 0 aromatic heterocycles. The number of nitrogens with zero attached hydrogens (tertiary/aromatic N) is 1. The Morgan fingerprint density at radius 2 is 1.65 bits per heavy atom. The summed E-state index contributed by atoms with van der Waals surface area (Å²) in [7, 11) is 6.24. The second kappa shape index (κ2) is 7.15. The van der Waals surface area contributed by atoms with Gasteiger partial charge in [0.25, 0.3) is 0 Å². The van der Waals surface area contributed by atoms with Crippen LogP contribution in [0, 0.1) is 5.92 Å². The number of rotatable bonds is 6. The number of hydrogen-bond donors (Lipinski definition) is 0. The third-order valence-corrected chi connectivity index (χ3v) is 4.67. The Bertz CT molecular complexity index is 783. The van der Waals surface area contributed by atoms with Crippen molar-refractivity contribution in [2.75, 3.05) is 28.4 Å². The Kier molecular flexibility index (Phi) is 4.93. The molecule has 2 unspecified atom stereocenters. The highest BCUT2D eigenvalue weighted by Gasteiger charge is 2.37. The maximum atomic E-state index is 13.3. The van der Waals surface area contributed by atoms with Crippen LogP contribution in [-0.2, 0) is 4.74 Å². The van der Waals surface area contributed by atoms with Crippen LogP contribution in [0.2, 0.25) is 0 Å². The van der Waals surface area contributed by atoms with Crippen molar-refractivity contribution in [2.45, 2.75) is 13.0 Å². The first-order valence-electron chi connectivity index (χ1n) is 8.32. The number of Topliss-reactive ketones (excluding diaryl/α,β-unsaturated/α-hetero) is 1. The summed E-state index contributed by atoms with van der Waals surface area (Å²) in [6.07, 6.45) is 7.74. The molecule has 0 bridgehead atoms. The third kappa shape index (κ3) is 2.92. The zero-order valence-electron chi connectivity index (χ0n) is 15.6. The minimum Gasteiger partial charge on any atom is -0.497 e.